The number of rotatable bonds is 4. The minimum atomic E-state index is -0.656. The Kier molecular flexibility index (Phi) is 3.57. The Morgan fingerprint density at radius 2 is 2.00 bits per heavy atom. The first-order valence-electron chi connectivity index (χ1n) is 6.40. The van der Waals surface area contributed by atoms with Crippen molar-refractivity contribution in [1.29, 1.82) is 0 Å². The van der Waals surface area contributed by atoms with E-state index >= 15 is 0 Å². The van der Waals surface area contributed by atoms with Crippen molar-refractivity contribution in [2.75, 3.05) is 0 Å². The minimum Gasteiger partial charge on any atom is -0.487 e. The van der Waals surface area contributed by atoms with Gasteiger partial charge in [-0.3, -0.25) is 0 Å². The number of benzene rings is 1. The highest BCUT2D eigenvalue weighted by atomic mass is 19.1. The zero-order chi connectivity index (χ0) is 13.3. The third-order valence-electron chi connectivity index (χ3n) is 4.33. The SMILES string of the molecule is CCC1(CC)C(N)CC1Oc1ccc(F)cc1F. The molecule has 0 radical (unpaired) electrons. The second-order valence-electron chi connectivity index (χ2n) is 4.96. The van der Waals surface area contributed by atoms with Crippen LogP contribution in [-0.4, -0.2) is 12.1 Å². The lowest BCUT2D eigenvalue weighted by molar-refractivity contribution is -0.0738. The predicted octanol–water partition coefficient (Wildman–Crippen LogP) is 3.25. The number of ether oxygens (including phenoxy) is 1. The molecule has 2 N–H and O–H groups in total. The zero-order valence-electron chi connectivity index (χ0n) is 10.7. The van der Waals surface area contributed by atoms with Gasteiger partial charge in [0.05, 0.1) is 0 Å². The zero-order valence-corrected chi connectivity index (χ0v) is 10.7. The first-order valence-corrected chi connectivity index (χ1v) is 6.40. The van der Waals surface area contributed by atoms with Crippen LogP contribution in [-0.2, 0) is 0 Å². The molecule has 2 nitrogen and oxygen atoms in total. The maximum Gasteiger partial charge on any atom is 0.167 e. The van der Waals surface area contributed by atoms with Gasteiger partial charge in [-0.1, -0.05) is 13.8 Å². The number of hydrogen-bond donors (Lipinski definition) is 1. The van der Waals surface area contributed by atoms with Crippen LogP contribution in [0.15, 0.2) is 18.2 Å². The molecule has 1 saturated carbocycles. The first-order chi connectivity index (χ1) is 8.53. The summed E-state index contributed by atoms with van der Waals surface area (Å²) in [5.74, 6) is -1.14. The molecular weight excluding hydrogens is 236 g/mol. The monoisotopic (exact) mass is 255 g/mol. The highest BCUT2D eigenvalue weighted by Gasteiger charge is 2.52. The second kappa shape index (κ2) is 4.84. The van der Waals surface area contributed by atoms with Gasteiger partial charge in [0.15, 0.2) is 11.6 Å². The van der Waals surface area contributed by atoms with Gasteiger partial charge in [0.25, 0.3) is 0 Å². The average molecular weight is 255 g/mol. The normalized spacial score (nSPS) is 25.6. The molecule has 0 aliphatic heterocycles. The minimum absolute atomic E-state index is 0.0811. The molecule has 100 valence electrons. The molecule has 1 aromatic rings. The van der Waals surface area contributed by atoms with E-state index < -0.39 is 11.6 Å². The fourth-order valence-electron chi connectivity index (χ4n) is 2.90. The van der Waals surface area contributed by atoms with Gasteiger partial charge in [-0.05, 0) is 25.0 Å². The molecule has 0 aromatic heterocycles. The molecular formula is C14H19F2NO. The molecule has 0 amide bonds. The van der Waals surface area contributed by atoms with Crippen LogP contribution in [0.25, 0.3) is 0 Å². The van der Waals surface area contributed by atoms with E-state index in [4.69, 9.17) is 10.5 Å². The van der Waals surface area contributed by atoms with Crippen LogP contribution >= 0.6 is 0 Å². The predicted molar refractivity (Wildman–Crippen MR) is 66.4 cm³/mol. The molecule has 1 aliphatic carbocycles. The molecule has 2 rings (SSSR count). The van der Waals surface area contributed by atoms with Crippen LogP contribution in [0.3, 0.4) is 0 Å². The van der Waals surface area contributed by atoms with Gasteiger partial charge in [0.1, 0.15) is 11.9 Å². The summed E-state index contributed by atoms with van der Waals surface area (Å²) in [7, 11) is 0. The summed E-state index contributed by atoms with van der Waals surface area (Å²) in [4.78, 5) is 0. The average Bonchev–Trinajstić information content (AvgIpc) is 2.33. The van der Waals surface area contributed by atoms with E-state index in [1.807, 2.05) is 0 Å². The molecule has 2 unspecified atom stereocenters. The molecule has 1 aliphatic rings. The molecule has 4 heteroatoms. The van der Waals surface area contributed by atoms with Crippen molar-refractivity contribution < 1.29 is 13.5 Å². The molecule has 1 aromatic carbocycles. The Labute approximate surface area is 106 Å². The van der Waals surface area contributed by atoms with Gasteiger partial charge in [-0.15, -0.1) is 0 Å². The summed E-state index contributed by atoms with van der Waals surface area (Å²) in [5, 5.41) is 0. The number of halogens is 2. The summed E-state index contributed by atoms with van der Waals surface area (Å²) in [6.45, 7) is 4.14. The lowest BCUT2D eigenvalue weighted by atomic mass is 9.59. The van der Waals surface area contributed by atoms with E-state index in [2.05, 4.69) is 13.8 Å². The van der Waals surface area contributed by atoms with Crippen LogP contribution in [0.1, 0.15) is 33.1 Å². The van der Waals surface area contributed by atoms with Gasteiger partial charge in [0.2, 0.25) is 0 Å². The van der Waals surface area contributed by atoms with Crippen molar-refractivity contribution in [3.8, 4) is 5.75 Å². The lowest BCUT2D eigenvalue weighted by Crippen LogP contribution is -2.63. The topological polar surface area (TPSA) is 35.2 Å². The summed E-state index contributed by atoms with van der Waals surface area (Å²) in [5.41, 5.74) is 5.97. The molecule has 1 fully saturated rings. The van der Waals surface area contributed by atoms with Gasteiger partial charge < -0.3 is 10.5 Å². The van der Waals surface area contributed by atoms with Crippen molar-refractivity contribution >= 4 is 0 Å². The Hall–Kier alpha value is -1.16. The van der Waals surface area contributed by atoms with Crippen LogP contribution in [0, 0.1) is 17.0 Å². The van der Waals surface area contributed by atoms with Crippen LogP contribution in [0.2, 0.25) is 0 Å². The van der Waals surface area contributed by atoms with Crippen LogP contribution in [0.5, 0.6) is 5.75 Å². The molecule has 0 heterocycles. The largest absolute Gasteiger partial charge is 0.487 e. The smallest absolute Gasteiger partial charge is 0.167 e. The Morgan fingerprint density at radius 1 is 1.33 bits per heavy atom. The summed E-state index contributed by atoms with van der Waals surface area (Å²) >= 11 is 0. The highest BCUT2D eigenvalue weighted by Crippen LogP contribution is 2.48. The van der Waals surface area contributed by atoms with E-state index in [1.165, 1.54) is 12.1 Å². The second-order valence-corrected chi connectivity index (χ2v) is 4.96. The van der Waals surface area contributed by atoms with Gasteiger partial charge in [-0.25, -0.2) is 8.78 Å². The summed E-state index contributed by atoms with van der Waals surface area (Å²) in [6, 6.07) is 3.48. The lowest BCUT2D eigenvalue weighted by Gasteiger charge is -2.53. The summed E-state index contributed by atoms with van der Waals surface area (Å²) in [6.07, 6.45) is 2.44. The van der Waals surface area contributed by atoms with E-state index in [1.54, 1.807) is 0 Å². The van der Waals surface area contributed by atoms with Crippen LogP contribution < -0.4 is 10.5 Å². The summed E-state index contributed by atoms with van der Waals surface area (Å²) < 4.78 is 32.0. The van der Waals surface area contributed by atoms with Gasteiger partial charge in [-0.2, -0.15) is 0 Å². The molecule has 0 spiro atoms. The highest BCUT2D eigenvalue weighted by molar-refractivity contribution is 5.26. The van der Waals surface area contributed by atoms with Crippen molar-refractivity contribution in [3.05, 3.63) is 29.8 Å². The molecule has 0 bridgehead atoms. The third-order valence-corrected chi connectivity index (χ3v) is 4.33. The van der Waals surface area contributed by atoms with E-state index in [9.17, 15) is 8.78 Å². The molecule has 2 atom stereocenters. The first kappa shape index (κ1) is 13.3. The maximum absolute atomic E-state index is 13.5. The third kappa shape index (κ3) is 1.99. The van der Waals surface area contributed by atoms with Crippen molar-refractivity contribution in [1.82, 2.24) is 0 Å². The molecule has 0 saturated heterocycles. The molecule has 18 heavy (non-hydrogen) atoms. The fourth-order valence-corrected chi connectivity index (χ4v) is 2.90. The van der Waals surface area contributed by atoms with Crippen LogP contribution in [0.4, 0.5) is 8.78 Å². The van der Waals surface area contributed by atoms with Crippen molar-refractivity contribution in [3.63, 3.8) is 0 Å². The van der Waals surface area contributed by atoms with Crippen molar-refractivity contribution in [2.24, 2.45) is 11.1 Å². The Balaban J connectivity index is 2.15. The fraction of sp³-hybridized carbons (Fsp3) is 0.571. The number of hydrogen-bond acceptors (Lipinski definition) is 2. The van der Waals surface area contributed by atoms with Gasteiger partial charge >= 0.3 is 0 Å². The quantitative estimate of drug-likeness (QED) is 0.896. The maximum atomic E-state index is 13.5. The van der Waals surface area contributed by atoms with E-state index in [0.29, 0.717) is 0 Å². The Morgan fingerprint density at radius 3 is 2.50 bits per heavy atom. The number of nitrogens with two attached hydrogens (primary N) is 1. The van der Waals surface area contributed by atoms with E-state index in [0.717, 1.165) is 25.3 Å². The van der Waals surface area contributed by atoms with E-state index in [-0.39, 0.29) is 23.3 Å². The van der Waals surface area contributed by atoms with Crippen molar-refractivity contribution in [2.45, 2.75) is 45.3 Å². The Bertz CT molecular complexity index is 432. The van der Waals surface area contributed by atoms with Gasteiger partial charge in [0, 0.05) is 23.9 Å². The standard InChI is InChI=1S/C14H19F2NO/c1-3-14(4-2)12(17)8-13(14)18-11-6-5-9(15)7-10(11)16/h5-7,12-13H,3-4,8,17H2,1-2H3.